The number of rotatable bonds is 5. The average molecular weight is 1070 g/mol. The Bertz CT molecular complexity index is 2370. The number of alkyl halides is 2. The molecule has 6 heterocycles. The molecule has 6 aromatic rings. The zero-order chi connectivity index (χ0) is 43.4. The highest BCUT2D eigenvalue weighted by atomic mass is 79.9. The van der Waals surface area contributed by atoms with Crippen molar-refractivity contribution in [2.24, 2.45) is 11.8 Å². The van der Waals surface area contributed by atoms with E-state index in [0.717, 1.165) is 89.8 Å². The van der Waals surface area contributed by atoms with Gasteiger partial charge in [-0.2, -0.15) is 0 Å². The van der Waals surface area contributed by atoms with E-state index in [0.29, 0.717) is 23.5 Å². The van der Waals surface area contributed by atoms with Crippen LogP contribution in [0.15, 0.2) is 122 Å². The number of nitrogens with one attached hydrogen (secondary N) is 2. The van der Waals surface area contributed by atoms with Crippen molar-refractivity contribution < 1.29 is 19.3 Å². The third-order valence-corrected chi connectivity index (χ3v) is 11.8. The van der Waals surface area contributed by atoms with Gasteiger partial charge in [-0.3, -0.25) is 9.97 Å². The normalized spacial score (nSPS) is 17.5. The van der Waals surface area contributed by atoms with Crippen molar-refractivity contribution in [3.8, 4) is 56.8 Å². The van der Waals surface area contributed by atoms with Gasteiger partial charge in [0.05, 0.1) is 12.4 Å². The number of aromatic hydroxyl groups is 1. The second kappa shape index (κ2) is 22.8. The summed E-state index contributed by atoms with van der Waals surface area (Å²) in [6.07, 6.45) is 11.9. The SMILES string of the molecule is BrB(Br)Br.COc1cccc2c1Oc1cc(-c3ccncc3)ccc1C2C1CCNCC1.ClCCl.Oc1cccc2c1Oc1cc(-c3ccncc3)ccc1C2C1CCNCC1. The average Bonchev–Trinajstić information content (AvgIpc) is 3.31. The van der Waals surface area contributed by atoms with Gasteiger partial charge in [0.25, 0.3) is 0 Å². The van der Waals surface area contributed by atoms with Gasteiger partial charge in [-0.15, -0.1) is 70.5 Å². The third-order valence-electron chi connectivity index (χ3n) is 11.8. The maximum absolute atomic E-state index is 10.4. The van der Waals surface area contributed by atoms with Crippen molar-refractivity contribution in [2.45, 2.75) is 37.5 Å². The van der Waals surface area contributed by atoms with Crippen LogP contribution in [0, 0.1) is 11.8 Å². The molecule has 14 heteroatoms. The lowest BCUT2D eigenvalue weighted by Gasteiger charge is -2.36. The lowest BCUT2D eigenvalue weighted by molar-refractivity contribution is 0.313. The van der Waals surface area contributed by atoms with Gasteiger partial charge in [0.15, 0.2) is 23.0 Å². The molecule has 4 aliphatic heterocycles. The van der Waals surface area contributed by atoms with Gasteiger partial charge < -0.3 is 30.0 Å². The number of pyridine rings is 2. The van der Waals surface area contributed by atoms with Crippen molar-refractivity contribution in [1.29, 1.82) is 0 Å². The third kappa shape index (κ3) is 11.2. The maximum Gasteiger partial charge on any atom is 0.369 e. The summed E-state index contributed by atoms with van der Waals surface area (Å²) >= 11 is 18.8. The second-order valence-electron chi connectivity index (χ2n) is 15.2. The number of halogens is 5. The number of piperidine rings is 2. The minimum atomic E-state index is 0.194. The predicted octanol–water partition coefficient (Wildman–Crippen LogP) is 13.3. The van der Waals surface area contributed by atoms with E-state index in [-0.39, 0.29) is 20.2 Å². The summed E-state index contributed by atoms with van der Waals surface area (Å²) in [5.74, 6) is 6.02. The molecule has 3 N–H and O–H groups in total. The van der Waals surface area contributed by atoms with Gasteiger partial charge in [0, 0.05) is 58.9 Å². The Morgan fingerprint density at radius 2 is 1.03 bits per heavy atom. The molecule has 2 atom stereocenters. The number of fused-ring (bicyclic) bond motifs is 4. The first-order chi connectivity index (χ1) is 30.3. The summed E-state index contributed by atoms with van der Waals surface area (Å²) in [5, 5.41) is 17.6. The number of phenolic OH excluding ortho intramolecular Hbond substituents is 1. The summed E-state index contributed by atoms with van der Waals surface area (Å²) in [6.45, 7) is 4.23. The Hall–Kier alpha value is -3.62. The van der Waals surface area contributed by atoms with Crippen LogP contribution in [0.4, 0.5) is 0 Å². The summed E-state index contributed by atoms with van der Waals surface area (Å²) in [5.41, 5.74) is 9.34. The van der Waals surface area contributed by atoms with E-state index in [4.69, 9.17) is 37.4 Å². The van der Waals surface area contributed by atoms with E-state index in [2.05, 4.69) is 122 Å². The molecule has 2 saturated heterocycles. The molecule has 10 rings (SSSR count). The molecule has 0 bridgehead atoms. The van der Waals surface area contributed by atoms with Crippen LogP contribution in [0.5, 0.6) is 34.5 Å². The molecular weight excluding hydrogens is 1020 g/mol. The molecular formula is C48H48BBr3Cl2N4O4. The van der Waals surface area contributed by atoms with Gasteiger partial charge in [0.1, 0.15) is 11.5 Å². The largest absolute Gasteiger partial charge is 0.504 e. The molecule has 0 aliphatic carbocycles. The first kappa shape index (κ1) is 46.4. The molecule has 2 aromatic heterocycles. The van der Waals surface area contributed by atoms with Crippen molar-refractivity contribution in [3.05, 3.63) is 144 Å². The van der Waals surface area contributed by atoms with E-state index >= 15 is 0 Å². The predicted molar refractivity (Wildman–Crippen MR) is 265 cm³/mol. The number of methoxy groups -OCH3 is 1. The quantitative estimate of drug-likeness (QED) is 0.116. The van der Waals surface area contributed by atoms with Crippen molar-refractivity contribution >= 4 is 73.7 Å². The molecule has 0 amide bonds. The Balaban J connectivity index is 0.000000163. The van der Waals surface area contributed by atoms with Gasteiger partial charge in [0.2, 0.25) is 0 Å². The molecule has 0 radical (unpaired) electrons. The molecule has 2 fully saturated rings. The summed E-state index contributed by atoms with van der Waals surface area (Å²) in [4.78, 5) is 8.23. The van der Waals surface area contributed by atoms with Gasteiger partial charge in [-0.05, 0) is 134 Å². The Kier molecular flexibility index (Phi) is 17.1. The number of hydrogen-bond donors (Lipinski definition) is 3. The van der Waals surface area contributed by atoms with E-state index in [9.17, 15) is 5.11 Å². The number of hydrogen-bond acceptors (Lipinski definition) is 8. The Morgan fingerprint density at radius 3 is 1.48 bits per heavy atom. The standard InChI is InChI=1S/C24H24N2O2.C23H22N2O2.CH2Cl2.BBr3/c1-27-21-4-2-3-20-23(17-9-13-26-14-10-17)19-6-5-18(15-22(19)28-24(20)21)16-7-11-25-12-8-16;26-20-3-1-2-19-22(16-8-12-25-13-9-16)18-5-4-17(14-21(18)27-23(19)20)15-6-10-24-11-7-15;2-1-3;2-1(3)4/h2-8,11-12,15,17,23,26H,9-10,13-14H2,1H3;1-7,10-11,14,16,22,25-26H,8-9,12-13H2;1H2;. The number of para-hydroxylation sites is 2. The molecule has 4 aromatic carbocycles. The molecule has 322 valence electrons. The number of benzene rings is 4. The second-order valence-corrected chi connectivity index (χ2v) is 22.5. The fourth-order valence-electron chi connectivity index (χ4n) is 9.08. The highest BCUT2D eigenvalue weighted by Gasteiger charge is 2.37. The zero-order valence-electron chi connectivity index (χ0n) is 34.3. The monoisotopic (exact) mass is 1060 g/mol. The van der Waals surface area contributed by atoms with Crippen molar-refractivity contribution in [1.82, 2.24) is 20.6 Å². The van der Waals surface area contributed by atoms with Gasteiger partial charge >= 0.3 is 3.18 Å². The summed E-state index contributed by atoms with van der Waals surface area (Å²) in [6, 6.07) is 33.1. The number of nitrogens with zero attached hydrogens (tertiary/aromatic N) is 2. The van der Waals surface area contributed by atoms with Crippen LogP contribution in [0.1, 0.15) is 59.8 Å². The number of ether oxygens (including phenoxy) is 3. The van der Waals surface area contributed by atoms with E-state index in [1.165, 1.54) is 29.5 Å². The molecule has 62 heavy (non-hydrogen) atoms. The zero-order valence-corrected chi connectivity index (χ0v) is 40.5. The molecule has 8 nitrogen and oxygen atoms in total. The first-order valence-corrected chi connectivity index (χ1v) is 24.5. The molecule has 0 saturated carbocycles. The van der Waals surface area contributed by atoms with E-state index in [1.54, 1.807) is 25.6 Å². The van der Waals surface area contributed by atoms with Crippen molar-refractivity contribution in [2.75, 3.05) is 38.6 Å². The van der Waals surface area contributed by atoms with Gasteiger partial charge in [-0.1, -0.05) is 48.5 Å². The minimum Gasteiger partial charge on any atom is -0.504 e. The summed E-state index contributed by atoms with van der Waals surface area (Å²) < 4.78 is 18.5. The molecule has 0 spiro atoms. The summed E-state index contributed by atoms with van der Waals surface area (Å²) in [7, 11) is 1.71. The van der Waals surface area contributed by atoms with Crippen LogP contribution in [0.2, 0.25) is 0 Å². The number of aromatic nitrogens is 2. The fourth-order valence-corrected chi connectivity index (χ4v) is 9.08. The topological polar surface area (TPSA) is 97.8 Å². The van der Waals surface area contributed by atoms with Crippen LogP contribution in [-0.4, -0.2) is 56.9 Å². The van der Waals surface area contributed by atoms with Crippen LogP contribution in [0.25, 0.3) is 22.3 Å². The maximum atomic E-state index is 10.4. The van der Waals surface area contributed by atoms with E-state index in [1.807, 2.05) is 48.8 Å². The van der Waals surface area contributed by atoms with Crippen LogP contribution >= 0.6 is 70.5 Å². The Morgan fingerprint density at radius 1 is 0.613 bits per heavy atom. The fraction of sp³-hybridized carbons (Fsp3) is 0.292. The smallest absolute Gasteiger partial charge is 0.369 e. The lowest BCUT2D eigenvalue weighted by atomic mass is 9.74. The van der Waals surface area contributed by atoms with Gasteiger partial charge in [-0.25, -0.2) is 0 Å². The highest BCUT2D eigenvalue weighted by molar-refractivity contribution is 9.69. The van der Waals surface area contributed by atoms with Crippen molar-refractivity contribution in [3.63, 3.8) is 0 Å². The highest BCUT2D eigenvalue weighted by Crippen LogP contribution is 2.54. The Labute approximate surface area is 399 Å². The molecule has 2 unspecified atom stereocenters. The number of phenols is 1. The lowest BCUT2D eigenvalue weighted by Crippen LogP contribution is -2.32. The molecule has 4 aliphatic rings. The minimum absolute atomic E-state index is 0.194. The van der Waals surface area contributed by atoms with Crippen LogP contribution in [0.3, 0.4) is 0 Å². The first-order valence-electron chi connectivity index (χ1n) is 20.7. The van der Waals surface area contributed by atoms with E-state index < -0.39 is 0 Å². The van der Waals surface area contributed by atoms with Crippen LogP contribution in [-0.2, 0) is 0 Å². The van der Waals surface area contributed by atoms with Crippen LogP contribution < -0.4 is 24.8 Å².